The molecule has 0 fully saturated rings. The fraction of sp³-hybridized carbons (Fsp3) is 0. The van der Waals surface area contributed by atoms with Crippen molar-refractivity contribution in [2.75, 3.05) is 0 Å². The summed E-state index contributed by atoms with van der Waals surface area (Å²) in [6.07, 6.45) is 0. The van der Waals surface area contributed by atoms with Crippen LogP contribution in [0.15, 0.2) is 18.2 Å². The van der Waals surface area contributed by atoms with Crippen LogP contribution in [0.1, 0.15) is 20.7 Å². The predicted octanol–water partition coefficient (Wildman–Crippen LogP) is 1.17. The summed E-state index contributed by atoms with van der Waals surface area (Å²) in [5.41, 5.74) is 0.520. The Labute approximate surface area is 122 Å². The average Bonchev–Trinajstić information content (AvgIpc) is 2.42. The molecule has 7 heteroatoms. The van der Waals surface area contributed by atoms with Crippen molar-refractivity contribution in [2.24, 2.45) is 0 Å². The van der Waals surface area contributed by atoms with Gasteiger partial charge in [0.1, 0.15) is 0 Å². The molecule has 0 N–H and O–H groups in total. The molecule has 0 amide bonds. The number of fused-ring (bicyclic) bond motifs is 1. The molecule has 3 nitrogen and oxygen atoms in total. The number of ether oxygens (including phenoxy) is 1. The second-order valence-electron chi connectivity index (χ2n) is 2.70. The van der Waals surface area contributed by atoms with Crippen molar-refractivity contribution < 1.29 is 47.0 Å². The zero-order valence-corrected chi connectivity index (χ0v) is 12.6. The van der Waals surface area contributed by atoms with E-state index in [4.69, 9.17) is 22.2 Å². The van der Waals surface area contributed by atoms with Gasteiger partial charge in [-0.3, -0.25) is 0 Å². The van der Waals surface area contributed by atoms with E-state index in [9.17, 15) is 9.59 Å². The Kier molecular flexibility index (Phi) is 4.50. The zero-order chi connectivity index (χ0) is 10.3. The standard InChI is InChI=1S/C8H3Cl2O3Si.Y/c9-14(10)4-1-2-5-6(3-4)8(12)13-7(5)11;/h1-3H;. The van der Waals surface area contributed by atoms with Crippen molar-refractivity contribution in [1.29, 1.82) is 0 Å². The van der Waals surface area contributed by atoms with Crippen molar-refractivity contribution >= 4 is 46.7 Å². The molecule has 15 heavy (non-hydrogen) atoms. The first-order valence-electron chi connectivity index (χ1n) is 3.68. The smallest absolute Gasteiger partial charge is 0.346 e. The van der Waals surface area contributed by atoms with Crippen LogP contribution >= 0.6 is 22.2 Å². The van der Waals surface area contributed by atoms with E-state index in [1.54, 1.807) is 6.07 Å². The van der Waals surface area contributed by atoms with Gasteiger partial charge in [-0.2, -0.15) is 0 Å². The van der Waals surface area contributed by atoms with Gasteiger partial charge >= 0.3 is 19.4 Å². The van der Waals surface area contributed by atoms with Gasteiger partial charge < -0.3 is 4.74 Å². The molecule has 0 saturated heterocycles. The second kappa shape index (κ2) is 5.06. The number of carbonyl (C=O) groups excluding carboxylic acids is 2. The number of cyclic esters (lactones) is 2. The van der Waals surface area contributed by atoms with Crippen molar-refractivity contribution in [1.82, 2.24) is 0 Å². The van der Waals surface area contributed by atoms with Crippen LogP contribution < -0.4 is 5.19 Å². The minimum absolute atomic E-state index is 0. The summed E-state index contributed by atoms with van der Waals surface area (Å²) < 4.78 is 4.41. The summed E-state index contributed by atoms with van der Waals surface area (Å²) in [5.74, 6) is -1.25. The van der Waals surface area contributed by atoms with Gasteiger partial charge in [-0.05, 0) is 17.3 Å². The fourth-order valence-corrected chi connectivity index (χ4v) is 2.37. The van der Waals surface area contributed by atoms with E-state index in [1.165, 1.54) is 12.1 Å². The molecule has 1 heterocycles. The maximum Gasteiger partial charge on any atom is 0.346 e. The molecule has 1 aromatic carbocycles. The van der Waals surface area contributed by atoms with Crippen molar-refractivity contribution in [3.63, 3.8) is 0 Å². The molecule has 0 aromatic heterocycles. The van der Waals surface area contributed by atoms with Crippen LogP contribution in [0, 0.1) is 0 Å². The van der Waals surface area contributed by atoms with Crippen molar-refractivity contribution in [3.8, 4) is 0 Å². The molecule has 2 rings (SSSR count). The third kappa shape index (κ3) is 2.50. The van der Waals surface area contributed by atoms with Gasteiger partial charge in [0.25, 0.3) is 0 Å². The van der Waals surface area contributed by atoms with Crippen LogP contribution in [0.5, 0.6) is 0 Å². The van der Waals surface area contributed by atoms with E-state index >= 15 is 0 Å². The van der Waals surface area contributed by atoms with Gasteiger partial charge in [-0.15, -0.1) is 22.2 Å². The van der Waals surface area contributed by atoms with Gasteiger partial charge in [0.15, 0.2) is 0 Å². The van der Waals surface area contributed by atoms with Crippen LogP contribution in [-0.2, 0) is 37.4 Å². The van der Waals surface area contributed by atoms with Crippen LogP contribution in [-0.4, -0.2) is 19.4 Å². The zero-order valence-electron chi connectivity index (χ0n) is 7.29. The Balaban J connectivity index is 0.00000112. The van der Waals surface area contributed by atoms with Crippen LogP contribution in [0.3, 0.4) is 0 Å². The number of halogens is 2. The topological polar surface area (TPSA) is 43.4 Å². The monoisotopic (exact) mass is 334 g/mol. The first-order chi connectivity index (χ1) is 6.59. The quantitative estimate of drug-likeness (QED) is 0.335. The summed E-state index contributed by atoms with van der Waals surface area (Å²) >= 11 is 11.4. The van der Waals surface area contributed by atoms with E-state index < -0.39 is 19.4 Å². The van der Waals surface area contributed by atoms with Gasteiger partial charge in [0.05, 0.1) is 11.1 Å². The predicted molar refractivity (Wildman–Crippen MR) is 53.3 cm³/mol. The Bertz CT molecular complexity index is 436. The minimum Gasteiger partial charge on any atom is -0.386 e. The minimum atomic E-state index is -1.65. The Morgan fingerprint density at radius 2 is 1.67 bits per heavy atom. The largest absolute Gasteiger partial charge is 0.386 e. The van der Waals surface area contributed by atoms with E-state index in [-0.39, 0.29) is 43.8 Å². The van der Waals surface area contributed by atoms with Crippen molar-refractivity contribution in [2.45, 2.75) is 0 Å². The first-order valence-corrected chi connectivity index (χ1v) is 7.21. The molecular formula is C8H3Cl2O3SiY. The summed E-state index contributed by atoms with van der Waals surface area (Å²) in [6, 6.07) is 4.65. The Hall–Kier alpha value is 0.261. The van der Waals surface area contributed by atoms with Crippen LogP contribution in [0.25, 0.3) is 0 Å². The number of benzene rings is 1. The summed E-state index contributed by atoms with van der Waals surface area (Å²) in [5, 5.41) is 0.670. The molecule has 1 aromatic rings. The Morgan fingerprint density at radius 1 is 1.07 bits per heavy atom. The number of hydrogen-bond acceptors (Lipinski definition) is 3. The maximum absolute atomic E-state index is 11.1. The molecule has 0 spiro atoms. The summed E-state index contributed by atoms with van der Waals surface area (Å²) in [4.78, 5) is 22.2. The van der Waals surface area contributed by atoms with Gasteiger partial charge in [0.2, 0.25) is 0 Å². The number of carbonyl (C=O) groups is 2. The third-order valence-electron chi connectivity index (χ3n) is 1.86. The fourth-order valence-electron chi connectivity index (χ4n) is 1.20. The number of esters is 2. The molecule has 1 aliphatic heterocycles. The van der Waals surface area contributed by atoms with E-state index in [2.05, 4.69) is 4.74 Å². The van der Waals surface area contributed by atoms with E-state index in [0.29, 0.717) is 5.19 Å². The van der Waals surface area contributed by atoms with Crippen LogP contribution in [0.4, 0.5) is 0 Å². The molecule has 0 atom stereocenters. The van der Waals surface area contributed by atoms with E-state index in [0.717, 1.165) is 0 Å². The number of rotatable bonds is 1. The first kappa shape index (κ1) is 13.3. The van der Waals surface area contributed by atoms with Gasteiger partial charge in [0, 0.05) is 32.7 Å². The average molecular weight is 335 g/mol. The van der Waals surface area contributed by atoms with E-state index in [1.807, 2.05) is 0 Å². The molecule has 0 saturated carbocycles. The molecule has 0 aliphatic carbocycles. The third-order valence-corrected chi connectivity index (χ3v) is 3.92. The molecule has 0 unspecified atom stereocenters. The van der Waals surface area contributed by atoms with Crippen LogP contribution in [0.2, 0.25) is 0 Å². The molecule has 2 radical (unpaired) electrons. The second-order valence-corrected chi connectivity index (χ2v) is 6.64. The van der Waals surface area contributed by atoms with Gasteiger partial charge in [-0.25, -0.2) is 9.59 Å². The summed E-state index contributed by atoms with van der Waals surface area (Å²) in [6.45, 7) is 0. The normalized spacial score (nSPS) is 13.5. The maximum atomic E-state index is 11.1. The molecule has 74 valence electrons. The molecular weight excluding hydrogens is 332 g/mol. The molecule has 0 bridgehead atoms. The summed E-state index contributed by atoms with van der Waals surface area (Å²) in [7, 11) is -1.65. The number of hydrogen-bond donors (Lipinski definition) is 0. The van der Waals surface area contributed by atoms with Gasteiger partial charge in [-0.1, -0.05) is 6.07 Å². The SMILES string of the molecule is O=C1OC(=O)c2cc([Si](Cl)Cl)ccc21.[Y]. The Morgan fingerprint density at radius 3 is 2.27 bits per heavy atom. The molecule has 1 aliphatic rings. The van der Waals surface area contributed by atoms with Crippen molar-refractivity contribution in [3.05, 3.63) is 29.3 Å².